The van der Waals surface area contributed by atoms with Crippen molar-refractivity contribution in [2.24, 2.45) is 11.8 Å². The first-order valence-corrected chi connectivity index (χ1v) is 11.1. The molecule has 4 heteroatoms. The normalized spacial score (nSPS) is 18.7. The molecule has 31 heavy (non-hydrogen) atoms. The summed E-state index contributed by atoms with van der Waals surface area (Å²) < 4.78 is 5.40. The molecule has 0 N–H and O–H groups in total. The minimum absolute atomic E-state index is 0.128. The van der Waals surface area contributed by atoms with Gasteiger partial charge in [-0.3, -0.25) is 9.78 Å². The Kier molecular flexibility index (Phi) is 6.66. The number of carbonyl (C=O) groups excluding carboxylic acids is 1. The van der Waals surface area contributed by atoms with Crippen molar-refractivity contribution in [2.75, 3.05) is 20.2 Å². The van der Waals surface area contributed by atoms with Crippen molar-refractivity contribution in [3.8, 4) is 5.75 Å². The minimum Gasteiger partial charge on any atom is -0.497 e. The van der Waals surface area contributed by atoms with Crippen LogP contribution in [0.2, 0.25) is 0 Å². The molecular weight excluding hydrogens is 384 g/mol. The van der Waals surface area contributed by atoms with Crippen LogP contribution in [0.3, 0.4) is 0 Å². The fourth-order valence-corrected chi connectivity index (χ4v) is 4.69. The second kappa shape index (κ2) is 9.78. The van der Waals surface area contributed by atoms with Crippen molar-refractivity contribution in [1.82, 2.24) is 9.88 Å². The third kappa shape index (κ3) is 4.79. The Balaban J connectivity index is 1.37. The van der Waals surface area contributed by atoms with Crippen molar-refractivity contribution in [3.63, 3.8) is 0 Å². The lowest BCUT2D eigenvalue weighted by molar-refractivity contribution is 0.0630. The highest BCUT2D eigenvalue weighted by Crippen LogP contribution is 2.31. The molecule has 2 heterocycles. The molecule has 2 atom stereocenters. The van der Waals surface area contributed by atoms with Crippen LogP contribution in [0.1, 0.15) is 35.2 Å². The Morgan fingerprint density at radius 2 is 2.06 bits per heavy atom. The highest BCUT2D eigenvalue weighted by atomic mass is 16.5. The van der Waals surface area contributed by atoms with E-state index in [1.165, 1.54) is 10.9 Å². The number of ether oxygens (including phenoxy) is 1. The molecule has 0 aliphatic carbocycles. The van der Waals surface area contributed by atoms with Crippen molar-refractivity contribution >= 4 is 16.8 Å². The molecule has 0 unspecified atom stereocenters. The molecule has 2 aromatic carbocycles. The van der Waals surface area contributed by atoms with E-state index in [0.717, 1.165) is 55.6 Å². The fourth-order valence-electron chi connectivity index (χ4n) is 4.69. The van der Waals surface area contributed by atoms with Crippen LogP contribution in [0.15, 0.2) is 73.4 Å². The number of nitrogens with zero attached hydrogens (tertiary/aromatic N) is 2. The lowest BCUT2D eigenvalue weighted by Gasteiger charge is -2.37. The number of carbonyl (C=O) groups is 1. The Morgan fingerprint density at radius 3 is 2.84 bits per heavy atom. The maximum Gasteiger partial charge on any atom is 0.253 e. The maximum atomic E-state index is 12.8. The van der Waals surface area contributed by atoms with Gasteiger partial charge in [-0.1, -0.05) is 24.3 Å². The predicted molar refractivity (Wildman–Crippen MR) is 125 cm³/mol. The first-order chi connectivity index (χ1) is 15.2. The molecule has 1 saturated heterocycles. The van der Waals surface area contributed by atoms with E-state index in [9.17, 15) is 4.79 Å². The van der Waals surface area contributed by atoms with Gasteiger partial charge >= 0.3 is 0 Å². The van der Waals surface area contributed by atoms with Crippen LogP contribution in [0.5, 0.6) is 5.75 Å². The number of benzene rings is 2. The predicted octanol–water partition coefficient (Wildman–Crippen LogP) is 5.53. The van der Waals surface area contributed by atoms with E-state index in [0.29, 0.717) is 11.8 Å². The lowest BCUT2D eigenvalue weighted by atomic mass is 9.81. The minimum atomic E-state index is 0.128. The zero-order chi connectivity index (χ0) is 21.6. The molecule has 4 nitrogen and oxygen atoms in total. The summed E-state index contributed by atoms with van der Waals surface area (Å²) in [6, 6.07) is 17.7. The molecular formula is C27H30N2O2. The Labute approximate surface area is 184 Å². The van der Waals surface area contributed by atoms with Crippen molar-refractivity contribution < 1.29 is 9.53 Å². The molecule has 1 aliphatic rings. The van der Waals surface area contributed by atoms with Crippen LogP contribution in [-0.4, -0.2) is 36.0 Å². The van der Waals surface area contributed by atoms with Crippen LogP contribution >= 0.6 is 0 Å². The van der Waals surface area contributed by atoms with Crippen LogP contribution in [0.25, 0.3) is 10.9 Å². The van der Waals surface area contributed by atoms with E-state index in [2.05, 4.69) is 23.7 Å². The standard InChI is InChI=1S/C27H30N2O2/c1-3-20-19-29(27(30)23-8-5-4-6-9-23)17-15-21(20)10-7-11-22-14-16-28-26-13-12-24(31-2)18-25(22)26/h3-6,8-9,12-14,16,18,20-21H,1,7,10-11,15,17,19H2,2H3/t20-,21+/m0/s1. The fraction of sp³-hybridized carbons (Fsp3) is 0.333. The van der Waals surface area contributed by atoms with E-state index in [1.54, 1.807) is 7.11 Å². The number of piperidine rings is 1. The first kappa shape index (κ1) is 21.1. The third-order valence-corrected chi connectivity index (χ3v) is 6.48. The number of aromatic nitrogens is 1. The summed E-state index contributed by atoms with van der Waals surface area (Å²) in [4.78, 5) is 19.3. The average molecular weight is 415 g/mol. The third-order valence-electron chi connectivity index (χ3n) is 6.48. The van der Waals surface area contributed by atoms with Crippen molar-refractivity contribution in [1.29, 1.82) is 0 Å². The molecule has 1 aromatic heterocycles. The van der Waals surface area contributed by atoms with Crippen molar-refractivity contribution in [2.45, 2.75) is 25.7 Å². The Morgan fingerprint density at radius 1 is 1.23 bits per heavy atom. The highest BCUT2D eigenvalue weighted by molar-refractivity contribution is 5.94. The molecule has 160 valence electrons. The number of fused-ring (bicyclic) bond motifs is 1. The smallest absolute Gasteiger partial charge is 0.253 e. The zero-order valence-corrected chi connectivity index (χ0v) is 18.2. The summed E-state index contributed by atoms with van der Waals surface area (Å²) in [5.41, 5.74) is 3.09. The second-order valence-electron chi connectivity index (χ2n) is 8.31. The molecule has 3 aromatic rings. The summed E-state index contributed by atoms with van der Waals surface area (Å²) in [6.45, 7) is 5.65. The van der Waals surface area contributed by atoms with Gasteiger partial charge in [0.15, 0.2) is 0 Å². The quantitative estimate of drug-likeness (QED) is 0.477. The van der Waals surface area contributed by atoms with Crippen LogP contribution < -0.4 is 4.74 Å². The van der Waals surface area contributed by atoms with Gasteiger partial charge in [-0.15, -0.1) is 6.58 Å². The van der Waals surface area contributed by atoms with Gasteiger partial charge < -0.3 is 9.64 Å². The number of likely N-dealkylation sites (tertiary alicyclic amines) is 1. The molecule has 1 fully saturated rings. The molecule has 1 aliphatic heterocycles. The van der Waals surface area contributed by atoms with E-state index < -0.39 is 0 Å². The lowest BCUT2D eigenvalue weighted by Crippen LogP contribution is -2.43. The van der Waals surface area contributed by atoms with Crippen molar-refractivity contribution in [3.05, 3.63) is 84.6 Å². The summed E-state index contributed by atoms with van der Waals surface area (Å²) >= 11 is 0. The zero-order valence-electron chi connectivity index (χ0n) is 18.2. The first-order valence-electron chi connectivity index (χ1n) is 11.1. The number of amides is 1. The summed E-state index contributed by atoms with van der Waals surface area (Å²) in [6.07, 6.45) is 8.22. The van der Waals surface area contributed by atoms with Crippen LogP contribution in [-0.2, 0) is 6.42 Å². The summed E-state index contributed by atoms with van der Waals surface area (Å²) in [7, 11) is 1.70. The number of pyridine rings is 1. The van der Waals surface area contributed by atoms with Gasteiger partial charge in [-0.05, 0) is 79.5 Å². The van der Waals surface area contributed by atoms with Gasteiger partial charge in [0.2, 0.25) is 0 Å². The van der Waals surface area contributed by atoms with E-state index in [4.69, 9.17) is 4.74 Å². The van der Waals surface area contributed by atoms with Gasteiger partial charge in [0.1, 0.15) is 5.75 Å². The largest absolute Gasteiger partial charge is 0.497 e. The summed E-state index contributed by atoms with van der Waals surface area (Å²) in [5.74, 6) is 1.91. The topological polar surface area (TPSA) is 42.4 Å². The monoisotopic (exact) mass is 414 g/mol. The molecule has 0 spiro atoms. The number of hydrogen-bond donors (Lipinski definition) is 0. The molecule has 4 rings (SSSR count). The number of methoxy groups -OCH3 is 1. The average Bonchev–Trinajstić information content (AvgIpc) is 2.84. The van der Waals surface area contributed by atoms with Gasteiger partial charge in [-0.25, -0.2) is 0 Å². The van der Waals surface area contributed by atoms with Crippen LogP contribution in [0, 0.1) is 11.8 Å². The summed E-state index contributed by atoms with van der Waals surface area (Å²) in [5, 5.41) is 1.17. The van der Waals surface area contributed by atoms with E-state index >= 15 is 0 Å². The Bertz CT molecular complexity index is 1050. The maximum absolute atomic E-state index is 12.8. The highest BCUT2D eigenvalue weighted by Gasteiger charge is 2.29. The SMILES string of the molecule is C=C[C@H]1CN(C(=O)c2ccccc2)CC[C@H]1CCCc1ccnc2ccc(OC)cc12. The van der Waals surface area contributed by atoms with Gasteiger partial charge in [-0.2, -0.15) is 0 Å². The molecule has 1 amide bonds. The molecule has 0 radical (unpaired) electrons. The number of aryl methyl sites for hydroxylation is 1. The van der Waals surface area contributed by atoms with Crippen LogP contribution in [0.4, 0.5) is 0 Å². The van der Waals surface area contributed by atoms with E-state index in [-0.39, 0.29) is 5.91 Å². The number of hydrogen-bond acceptors (Lipinski definition) is 3. The van der Waals surface area contributed by atoms with E-state index in [1.807, 2.05) is 59.6 Å². The molecule has 0 bridgehead atoms. The number of rotatable bonds is 7. The van der Waals surface area contributed by atoms with Gasteiger partial charge in [0, 0.05) is 30.2 Å². The Hall–Kier alpha value is -3.14. The molecule has 0 saturated carbocycles. The second-order valence-corrected chi connectivity index (χ2v) is 8.31. The van der Waals surface area contributed by atoms with Gasteiger partial charge in [0.05, 0.1) is 12.6 Å². The van der Waals surface area contributed by atoms with Gasteiger partial charge in [0.25, 0.3) is 5.91 Å².